The van der Waals surface area contributed by atoms with Crippen molar-refractivity contribution in [1.82, 2.24) is 15.1 Å². The second kappa shape index (κ2) is 5.33. The molecule has 0 aliphatic heterocycles. The summed E-state index contributed by atoms with van der Waals surface area (Å²) >= 11 is 0. The van der Waals surface area contributed by atoms with E-state index in [9.17, 15) is 9.59 Å². The van der Waals surface area contributed by atoms with E-state index in [4.69, 9.17) is 5.11 Å². The number of hydrogen-bond donors (Lipinski definition) is 3. The number of nitrogens with zero attached hydrogens (tertiary/aromatic N) is 2. The summed E-state index contributed by atoms with van der Waals surface area (Å²) in [5.41, 5.74) is 1.23. The average molecular weight is 240 g/mol. The number of hydrogen-bond acceptors (Lipinski definition) is 3. The summed E-state index contributed by atoms with van der Waals surface area (Å²) in [6, 6.07) is -1.43. The summed E-state index contributed by atoms with van der Waals surface area (Å²) in [6.07, 6.45) is 1.98. The van der Waals surface area contributed by atoms with Crippen LogP contribution in [0.25, 0.3) is 0 Å². The molecule has 0 aliphatic rings. The fourth-order valence-corrected chi connectivity index (χ4v) is 1.38. The quantitative estimate of drug-likeness (QED) is 0.722. The first-order chi connectivity index (χ1) is 7.93. The molecule has 0 saturated carbocycles. The zero-order valence-corrected chi connectivity index (χ0v) is 10.0. The molecular formula is C10H16N4O3. The number of carboxylic acid groups (broad SMARTS) is 1. The molecule has 0 fully saturated rings. The number of aliphatic carboxylic acids is 1. The summed E-state index contributed by atoms with van der Waals surface area (Å²) < 4.78 is 1.57. The van der Waals surface area contributed by atoms with Gasteiger partial charge >= 0.3 is 12.0 Å². The second-order valence-corrected chi connectivity index (χ2v) is 3.70. The molecule has 0 spiro atoms. The van der Waals surface area contributed by atoms with Crippen LogP contribution < -0.4 is 10.6 Å². The molecule has 1 atom stereocenters. The monoisotopic (exact) mass is 240 g/mol. The van der Waals surface area contributed by atoms with Crippen LogP contribution in [0.1, 0.15) is 19.0 Å². The molecule has 1 heterocycles. The van der Waals surface area contributed by atoms with Gasteiger partial charge in [-0.15, -0.1) is 0 Å². The molecule has 0 bridgehead atoms. The average Bonchev–Trinajstić information content (AvgIpc) is 2.53. The summed E-state index contributed by atoms with van der Waals surface area (Å²) in [5, 5.41) is 17.8. The van der Waals surface area contributed by atoms with Crippen molar-refractivity contribution in [3.8, 4) is 0 Å². The molecule has 1 rings (SSSR count). The predicted octanol–water partition coefficient (Wildman–Crippen LogP) is 0.713. The van der Waals surface area contributed by atoms with Gasteiger partial charge in [-0.05, 0) is 13.3 Å². The van der Waals surface area contributed by atoms with Crippen molar-refractivity contribution in [2.24, 2.45) is 7.05 Å². The maximum atomic E-state index is 11.5. The lowest BCUT2D eigenvalue weighted by Crippen LogP contribution is -2.42. The first kappa shape index (κ1) is 13.0. The minimum absolute atomic E-state index is 0.328. The second-order valence-electron chi connectivity index (χ2n) is 3.70. The minimum Gasteiger partial charge on any atom is -0.480 e. The Labute approximate surface area is 98.8 Å². The zero-order chi connectivity index (χ0) is 13.0. The van der Waals surface area contributed by atoms with Crippen molar-refractivity contribution >= 4 is 17.7 Å². The van der Waals surface area contributed by atoms with Gasteiger partial charge in [0.1, 0.15) is 6.04 Å². The summed E-state index contributed by atoms with van der Waals surface area (Å²) in [4.78, 5) is 22.3. The van der Waals surface area contributed by atoms with Gasteiger partial charge in [-0.1, -0.05) is 6.92 Å². The molecule has 94 valence electrons. The van der Waals surface area contributed by atoms with Crippen molar-refractivity contribution in [3.63, 3.8) is 0 Å². The highest BCUT2D eigenvalue weighted by atomic mass is 16.4. The molecule has 2 amide bonds. The number of aryl methyl sites for hydroxylation is 2. The van der Waals surface area contributed by atoms with E-state index < -0.39 is 18.0 Å². The van der Waals surface area contributed by atoms with Crippen molar-refractivity contribution < 1.29 is 14.7 Å². The third-order valence-electron chi connectivity index (χ3n) is 2.27. The standard InChI is InChI=1S/C10H16N4O3/c1-4-7(9(15)16)11-10(17)12-8-5-14(3)13-6(8)2/h5,7H,4H2,1-3H3,(H,15,16)(H2,11,12,17)/t7-/m1/s1. The Hall–Kier alpha value is -2.05. The van der Waals surface area contributed by atoms with E-state index in [1.54, 1.807) is 31.8 Å². The Morgan fingerprint density at radius 1 is 1.59 bits per heavy atom. The molecule has 3 N–H and O–H groups in total. The number of aromatic nitrogens is 2. The van der Waals surface area contributed by atoms with Gasteiger partial charge in [-0.3, -0.25) is 4.68 Å². The zero-order valence-electron chi connectivity index (χ0n) is 10.0. The summed E-state index contributed by atoms with van der Waals surface area (Å²) in [7, 11) is 1.74. The Morgan fingerprint density at radius 2 is 2.24 bits per heavy atom. The van der Waals surface area contributed by atoms with Crippen LogP contribution in [-0.4, -0.2) is 32.9 Å². The SMILES string of the molecule is CC[C@@H](NC(=O)Nc1cn(C)nc1C)C(=O)O. The van der Waals surface area contributed by atoms with Crippen molar-refractivity contribution in [2.45, 2.75) is 26.3 Å². The van der Waals surface area contributed by atoms with E-state index >= 15 is 0 Å². The Bertz CT molecular complexity index is 427. The lowest BCUT2D eigenvalue weighted by Gasteiger charge is -2.12. The fraction of sp³-hybridized carbons (Fsp3) is 0.500. The van der Waals surface area contributed by atoms with Crippen LogP contribution in [0.3, 0.4) is 0 Å². The van der Waals surface area contributed by atoms with Crippen molar-refractivity contribution in [1.29, 1.82) is 0 Å². The molecule has 7 heteroatoms. The normalized spacial score (nSPS) is 11.9. The van der Waals surface area contributed by atoms with E-state index in [1.165, 1.54) is 0 Å². The molecule has 0 aromatic carbocycles. The Kier molecular flexibility index (Phi) is 4.08. The maximum Gasteiger partial charge on any atom is 0.326 e. The molecule has 1 aromatic heterocycles. The fourth-order valence-electron chi connectivity index (χ4n) is 1.38. The number of anilines is 1. The molecule has 0 unspecified atom stereocenters. The molecule has 0 radical (unpaired) electrons. The number of carboxylic acids is 1. The number of urea groups is 1. The highest BCUT2D eigenvalue weighted by Gasteiger charge is 2.18. The van der Waals surface area contributed by atoms with E-state index in [-0.39, 0.29) is 0 Å². The number of carbonyl (C=O) groups is 2. The van der Waals surface area contributed by atoms with E-state index in [0.717, 1.165) is 0 Å². The number of carbonyl (C=O) groups excluding carboxylic acids is 1. The van der Waals surface area contributed by atoms with Gasteiger partial charge in [-0.25, -0.2) is 9.59 Å². The van der Waals surface area contributed by atoms with Crippen LogP contribution in [0.5, 0.6) is 0 Å². The molecule has 17 heavy (non-hydrogen) atoms. The van der Waals surface area contributed by atoms with Crippen LogP contribution in [0.4, 0.5) is 10.5 Å². The minimum atomic E-state index is -1.05. The van der Waals surface area contributed by atoms with E-state index in [1.807, 2.05) is 0 Å². The largest absolute Gasteiger partial charge is 0.480 e. The van der Waals surface area contributed by atoms with Crippen LogP contribution in [0.2, 0.25) is 0 Å². The van der Waals surface area contributed by atoms with Crippen LogP contribution in [0.15, 0.2) is 6.20 Å². The predicted molar refractivity (Wildman–Crippen MR) is 61.8 cm³/mol. The van der Waals surface area contributed by atoms with Crippen molar-refractivity contribution in [3.05, 3.63) is 11.9 Å². The first-order valence-electron chi connectivity index (χ1n) is 5.24. The summed E-state index contributed by atoms with van der Waals surface area (Å²) in [5.74, 6) is -1.05. The molecule has 7 nitrogen and oxygen atoms in total. The lowest BCUT2D eigenvalue weighted by molar-refractivity contribution is -0.139. The van der Waals surface area contributed by atoms with Gasteiger partial charge in [0.05, 0.1) is 11.4 Å². The van der Waals surface area contributed by atoms with Gasteiger partial charge < -0.3 is 15.7 Å². The van der Waals surface area contributed by atoms with E-state index in [2.05, 4.69) is 15.7 Å². The topological polar surface area (TPSA) is 96.3 Å². The number of nitrogens with one attached hydrogen (secondary N) is 2. The van der Waals surface area contributed by atoms with Gasteiger partial charge in [0, 0.05) is 13.2 Å². The summed E-state index contributed by atoms with van der Waals surface area (Å²) in [6.45, 7) is 3.44. The third-order valence-corrected chi connectivity index (χ3v) is 2.27. The van der Waals surface area contributed by atoms with Gasteiger partial charge in [0.25, 0.3) is 0 Å². The van der Waals surface area contributed by atoms with Crippen molar-refractivity contribution in [2.75, 3.05) is 5.32 Å². The van der Waals surface area contributed by atoms with E-state index in [0.29, 0.717) is 17.8 Å². The molecule has 0 saturated heterocycles. The lowest BCUT2D eigenvalue weighted by atomic mass is 10.2. The molecule has 1 aromatic rings. The maximum absolute atomic E-state index is 11.5. The highest BCUT2D eigenvalue weighted by molar-refractivity contribution is 5.92. The van der Waals surface area contributed by atoms with Gasteiger partial charge in [-0.2, -0.15) is 5.10 Å². The van der Waals surface area contributed by atoms with Crippen LogP contribution in [0, 0.1) is 6.92 Å². The van der Waals surface area contributed by atoms with Gasteiger partial charge in [0.2, 0.25) is 0 Å². The first-order valence-corrected chi connectivity index (χ1v) is 5.24. The highest BCUT2D eigenvalue weighted by Crippen LogP contribution is 2.10. The Balaban J connectivity index is 2.61. The number of rotatable bonds is 4. The smallest absolute Gasteiger partial charge is 0.326 e. The van der Waals surface area contributed by atoms with Crippen LogP contribution in [-0.2, 0) is 11.8 Å². The van der Waals surface area contributed by atoms with Crippen LogP contribution >= 0.6 is 0 Å². The number of amides is 2. The molecule has 0 aliphatic carbocycles. The Morgan fingerprint density at radius 3 is 2.65 bits per heavy atom. The van der Waals surface area contributed by atoms with Gasteiger partial charge in [0.15, 0.2) is 0 Å². The molecular weight excluding hydrogens is 224 g/mol. The third kappa shape index (κ3) is 3.47.